The summed E-state index contributed by atoms with van der Waals surface area (Å²) in [6.07, 6.45) is 3.52. The fourth-order valence-corrected chi connectivity index (χ4v) is 3.73. The van der Waals surface area contributed by atoms with Gasteiger partial charge in [0, 0.05) is 17.2 Å². The zero-order valence-electron chi connectivity index (χ0n) is 21.3. The van der Waals surface area contributed by atoms with E-state index in [4.69, 9.17) is 9.15 Å². The minimum absolute atomic E-state index is 0.0782. The standard InChI is InChI=1S/C26H33N5O5/c1-6-18(7-2)28-24(33)22-14-27-25(36-22)17-10-8-9-16(12-17)19-13-20(31-30-19)23(32)29-21(11-15(3)4)26(34)35-5/h8-10,12-15,18,21H,6-7,11H2,1-5H3,(H,28,33)(H,29,32)(H,30,31). The van der Waals surface area contributed by atoms with Crippen LogP contribution in [0.5, 0.6) is 0 Å². The van der Waals surface area contributed by atoms with E-state index in [0.29, 0.717) is 23.6 Å². The van der Waals surface area contributed by atoms with Crippen LogP contribution >= 0.6 is 0 Å². The summed E-state index contributed by atoms with van der Waals surface area (Å²) in [6, 6.07) is 8.21. The van der Waals surface area contributed by atoms with Gasteiger partial charge in [-0.2, -0.15) is 5.10 Å². The second-order valence-electron chi connectivity index (χ2n) is 8.94. The predicted octanol–water partition coefficient (Wildman–Crippen LogP) is 3.97. The van der Waals surface area contributed by atoms with Crippen LogP contribution in [0.4, 0.5) is 0 Å². The Morgan fingerprint density at radius 3 is 2.44 bits per heavy atom. The van der Waals surface area contributed by atoms with Gasteiger partial charge in [-0.25, -0.2) is 9.78 Å². The van der Waals surface area contributed by atoms with Crippen LogP contribution in [0.15, 0.2) is 40.9 Å². The first-order chi connectivity index (χ1) is 17.2. The molecule has 0 aliphatic carbocycles. The number of aromatic amines is 1. The maximum atomic E-state index is 12.7. The number of H-pyrrole nitrogens is 1. The summed E-state index contributed by atoms with van der Waals surface area (Å²) in [5.74, 6) is -0.646. The number of carbonyl (C=O) groups is 3. The fraction of sp³-hybridized carbons (Fsp3) is 0.423. The summed E-state index contributed by atoms with van der Waals surface area (Å²) in [6.45, 7) is 7.94. The van der Waals surface area contributed by atoms with Gasteiger partial charge in [0.1, 0.15) is 6.04 Å². The van der Waals surface area contributed by atoms with Gasteiger partial charge in [0.05, 0.1) is 19.0 Å². The largest absolute Gasteiger partial charge is 0.467 e. The Labute approximate surface area is 210 Å². The van der Waals surface area contributed by atoms with Crippen molar-refractivity contribution >= 4 is 17.8 Å². The lowest BCUT2D eigenvalue weighted by Crippen LogP contribution is -2.42. The van der Waals surface area contributed by atoms with Crippen molar-refractivity contribution in [2.24, 2.45) is 5.92 Å². The first-order valence-corrected chi connectivity index (χ1v) is 12.1. The van der Waals surface area contributed by atoms with Gasteiger partial charge in [-0.05, 0) is 43.4 Å². The molecule has 0 spiro atoms. The van der Waals surface area contributed by atoms with E-state index in [-0.39, 0.29) is 29.3 Å². The molecule has 36 heavy (non-hydrogen) atoms. The quantitative estimate of drug-likeness (QED) is 0.342. The average molecular weight is 496 g/mol. The monoisotopic (exact) mass is 495 g/mol. The van der Waals surface area contributed by atoms with E-state index < -0.39 is 17.9 Å². The Balaban J connectivity index is 1.75. The summed E-state index contributed by atoms with van der Waals surface area (Å²) in [5, 5.41) is 12.6. The Morgan fingerprint density at radius 2 is 1.78 bits per heavy atom. The van der Waals surface area contributed by atoms with Crippen LogP contribution in [-0.2, 0) is 9.53 Å². The first kappa shape index (κ1) is 26.7. The number of benzene rings is 1. The van der Waals surface area contributed by atoms with E-state index in [0.717, 1.165) is 18.4 Å². The number of oxazole rings is 1. The molecule has 1 atom stereocenters. The van der Waals surface area contributed by atoms with Crippen molar-refractivity contribution in [3.05, 3.63) is 48.0 Å². The number of rotatable bonds is 11. The lowest BCUT2D eigenvalue weighted by Gasteiger charge is -2.17. The smallest absolute Gasteiger partial charge is 0.328 e. The van der Waals surface area contributed by atoms with E-state index in [2.05, 4.69) is 25.8 Å². The van der Waals surface area contributed by atoms with Gasteiger partial charge in [-0.1, -0.05) is 39.8 Å². The highest BCUT2D eigenvalue weighted by atomic mass is 16.5. The molecule has 0 radical (unpaired) electrons. The number of hydrogen-bond acceptors (Lipinski definition) is 7. The number of hydrogen-bond donors (Lipinski definition) is 3. The third-order valence-electron chi connectivity index (χ3n) is 5.78. The van der Waals surface area contributed by atoms with Crippen LogP contribution in [0.3, 0.4) is 0 Å². The summed E-state index contributed by atoms with van der Waals surface area (Å²) in [4.78, 5) is 41.4. The van der Waals surface area contributed by atoms with Crippen LogP contribution in [0.2, 0.25) is 0 Å². The summed E-state index contributed by atoms with van der Waals surface area (Å²) < 4.78 is 10.5. The van der Waals surface area contributed by atoms with Gasteiger partial charge in [0.15, 0.2) is 5.69 Å². The Bertz CT molecular complexity index is 1190. The van der Waals surface area contributed by atoms with Gasteiger partial charge in [0.2, 0.25) is 11.7 Å². The number of ether oxygens (including phenoxy) is 1. The zero-order valence-corrected chi connectivity index (χ0v) is 21.3. The molecular formula is C26H33N5O5. The molecule has 0 aliphatic rings. The number of amides is 2. The molecule has 10 nitrogen and oxygen atoms in total. The number of methoxy groups -OCH3 is 1. The highest BCUT2D eigenvalue weighted by Crippen LogP contribution is 2.26. The third-order valence-corrected chi connectivity index (χ3v) is 5.78. The molecule has 192 valence electrons. The molecule has 0 saturated heterocycles. The van der Waals surface area contributed by atoms with Gasteiger partial charge in [0.25, 0.3) is 11.8 Å². The highest BCUT2D eigenvalue weighted by Gasteiger charge is 2.24. The molecular weight excluding hydrogens is 462 g/mol. The number of carbonyl (C=O) groups excluding carboxylic acids is 3. The minimum Gasteiger partial charge on any atom is -0.467 e. The maximum Gasteiger partial charge on any atom is 0.328 e. The molecule has 3 aromatic rings. The number of aromatic nitrogens is 3. The lowest BCUT2D eigenvalue weighted by atomic mass is 10.0. The number of esters is 1. The maximum absolute atomic E-state index is 12.7. The second-order valence-corrected chi connectivity index (χ2v) is 8.94. The van der Waals surface area contributed by atoms with E-state index in [1.807, 2.05) is 52.0 Å². The van der Waals surface area contributed by atoms with E-state index in [9.17, 15) is 14.4 Å². The van der Waals surface area contributed by atoms with Gasteiger partial charge in [-0.3, -0.25) is 14.7 Å². The molecule has 2 aromatic heterocycles. The van der Waals surface area contributed by atoms with Crippen molar-refractivity contribution in [2.45, 2.75) is 59.0 Å². The molecule has 0 bridgehead atoms. The first-order valence-electron chi connectivity index (χ1n) is 12.1. The zero-order chi connectivity index (χ0) is 26.2. The molecule has 0 fully saturated rings. The van der Waals surface area contributed by atoms with Crippen molar-refractivity contribution < 1.29 is 23.5 Å². The van der Waals surface area contributed by atoms with Crippen molar-refractivity contribution in [1.82, 2.24) is 25.8 Å². The normalized spacial score (nSPS) is 12.0. The topological polar surface area (TPSA) is 139 Å². The Hall–Kier alpha value is -3.95. The molecule has 3 N–H and O–H groups in total. The van der Waals surface area contributed by atoms with E-state index in [1.54, 1.807) is 6.07 Å². The van der Waals surface area contributed by atoms with Crippen LogP contribution < -0.4 is 10.6 Å². The Morgan fingerprint density at radius 1 is 1.06 bits per heavy atom. The lowest BCUT2D eigenvalue weighted by molar-refractivity contribution is -0.143. The second kappa shape index (κ2) is 12.1. The van der Waals surface area contributed by atoms with Crippen LogP contribution in [-0.4, -0.2) is 52.2 Å². The van der Waals surface area contributed by atoms with Crippen LogP contribution in [0.25, 0.3) is 22.7 Å². The minimum atomic E-state index is -0.757. The van der Waals surface area contributed by atoms with Gasteiger partial charge in [-0.15, -0.1) is 0 Å². The third kappa shape index (κ3) is 6.59. The van der Waals surface area contributed by atoms with Crippen molar-refractivity contribution in [1.29, 1.82) is 0 Å². The van der Waals surface area contributed by atoms with E-state index in [1.165, 1.54) is 13.3 Å². The molecule has 1 unspecified atom stereocenters. The molecule has 10 heteroatoms. The van der Waals surface area contributed by atoms with Crippen LogP contribution in [0.1, 0.15) is 68.0 Å². The molecule has 0 saturated carbocycles. The van der Waals surface area contributed by atoms with Crippen LogP contribution in [0, 0.1) is 5.92 Å². The Kier molecular flexibility index (Phi) is 8.99. The molecule has 1 aromatic carbocycles. The predicted molar refractivity (Wildman–Crippen MR) is 134 cm³/mol. The summed E-state index contributed by atoms with van der Waals surface area (Å²) >= 11 is 0. The van der Waals surface area contributed by atoms with Crippen molar-refractivity contribution in [3.8, 4) is 22.7 Å². The van der Waals surface area contributed by atoms with Crippen molar-refractivity contribution in [3.63, 3.8) is 0 Å². The van der Waals surface area contributed by atoms with E-state index >= 15 is 0 Å². The van der Waals surface area contributed by atoms with Crippen molar-refractivity contribution in [2.75, 3.05) is 7.11 Å². The van der Waals surface area contributed by atoms with Gasteiger partial charge >= 0.3 is 5.97 Å². The molecule has 2 heterocycles. The van der Waals surface area contributed by atoms with Gasteiger partial charge < -0.3 is 19.8 Å². The average Bonchev–Trinajstić information content (AvgIpc) is 3.57. The molecule has 2 amide bonds. The highest BCUT2D eigenvalue weighted by molar-refractivity contribution is 5.96. The summed E-state index contributed by atoms with van der Waals surface area (Å²) in [5.41, 5.74) is 2.15. The number of nitrogens with zero attached hydrogens (tertiary/aromatic N) is 2. The SMILES string of the molecule is CCC(CC)NC(=O)c1cnc(-c2cccc(-c3cc(C(=O)NC(CC(C)C)C(=O)OC)n[nH]3)c2)o1. The summed E-state index contributed by atoms with van der Waals surface area (Å²) in [7, 11) is 1.29. The molecule has 3 rings (SSSR count). The fourth-order valence-electron chi connectivity index (χ4n) is 3.73. The number of nitrogens with one attached hydrogen (secondary N) is 3. The molecule has 0 aliphatic heterocycles.